The van der Waals surface area contributed by atoms with Gasteiger partial charge in [-0.05, 0) is 20.4 Å². The van der Waals surface area contributed by atoms with E-state index in [1.165, 1.54) is 0 Å². The largest absolute Gasteiger partial charge is 0.480 e. The van der Waals surface area contributed by atoms with Gasteiger partial charge in [0.15, 0.2) is 0 Å². The van der Waals surface area contributed by atoms with Gasteiger partial charge in [-0.15, -0.1) is 0 Å². The molecule has 1 rings (SSSR count). The summed E-state index contributed by atoms with van der Waals surface area (Å²) in [5.41, 5.74) is 0. The lowest BCUT2D eigenvalue weighted by atomic mass is 10.2. The molecule has 12 heavy (non-hydrogen) atoms. The number of carboxylic acid groups (broad SMARTS) is 1. The highest BCUT2D eigenvalue weighted by molar-refractivity contribution is 5.72. The number of nitrogens with zero attached hydrogens (tertiary/aromatic N) is 1. The number of rotatable bonds is 3. The minimum absolute atomic E-state index is 0.274. The van der Waals surface area contributed by atoms with Crippen LogP contribution in [0.15, 0.2) is 0 Å². The summed E-state index contributed by atoms with van der Waals surface area (Å²) in [6, 6.07) is -0.146. The highest BCUT2D eigenvalue weighted by Crippen LogP contribution is 2.13. The number of aliphatic carboxylic acids is 1. The minimum Gasteiger partial charge on any atom is -0.480 e. The Morgan fingerprint density at radius 2 is 2.42 bits per heavy atom. The monoisotopic (exact) mass is 173 g/mol. The molecule has 0 aromatic rings. The molecule has 1 aliphatic rings. The van der Waals surface area contributed by atoms with Crippen molar-refractivity contribution >= 4 is 5.97 Å². The second-order valence-electron chi connectivity index (χ2n) is 3.20. The summed E-state index contributed by atoms with van der Waals surface area (Å²) in [6.07, 6.45) is 0.939. The molecule has 0 spiro atoms. The minimum atomic E-state index is -0.774. The van der Waals surface area contributed by atoms with Crippen molar-refractivity contribution in [3.8, 4) is 0 Å². The van der Waals surface area contributed by atoms with Crippen LogP contribution < -0.4 is 0 Å². The molecule has 0 aliphatic carbocycles. The molecule has 0 aromatic carbocycles. The highest BCUT2D eigenvalue weighted by atomic mass is 16.5. The first kappa shape index (κ1) is 9.48. The van der Waals surface area contributed by atoms with Gasteiger partial charge in [-0.25, -0.2) is 0 Å². The Labute approximate surface area is 72.1 Å². The van der Waals surface area contributed by atoms with Gasteiger partial charge in [0.1, 0.15) is 6.04 Å². The van der Waals surface area contributed by atoms with Crippen molar-refractivity contribution in [2.75, 3.05) is 20.3 Å². The van der Waals surface area contributed by atoms with E-state index in [-0.39, 0.29) is 6.04 Å². The van der Waals surface area contributed by atoms with Crippen LogP contribution in [0.4, 0.5) is 0 Å². The fourth-order valence-corrected chi connectivity index (χ4v) is 1.33. The summed E-state index contributed by atoms with van der Waals surface area (Å²) in [4.78, 5) is 12.5. The van der Waals surface area contributed by atoms with Crippen molar-refractivity contribution in [3.63, 3.8) is 0 Å². The van der Waals surface area contributed by atoms with E-state index in [1.807, 2.05) is 11.9 Å². The molecule has 70 valence electrons. The maximum atomic E-state index is 10.6. The quantitative estimate of drug-likeness (QED) is 0.661. The van der Waals surface area contributed by atoms with Gasteiger partial charge < -0.3 is 9.84 Å². The summed E-state index contributed by atoms with van der Waals surface area (Å²) in [5, 5.41) is 8.73. The SMILES string of the molecule is CC(C(=O)O)N(C)C1CCOC1. The average molecular weight is 173 g/mol. The lowest BCUT2D eigenvalue weighted by molar-refractivity contribution is -0.142. The molecule has 0 aromatic heterocycles. The zero-order chi connectivity index (χ0) is 9.14. The molecular weight excluding hydrogens is 158 g/mol. The van der Waals surface area contributed by atoms with Crippen molar-refractivity contribution in [2.24, 2.45) is 0 Å². The molecular formula is C8H15NO3. The van der Waals surface area contributed by atoms with E-state index in [2.05, 4.69) is 0 Å². The van der Waals surface area contributed by atoms with Crippen LogP contribution in [0.25, 0.3) is 0 Å². The Morgan fingerprint density at radius 1 is 1.75 bits per heavy atom. The maximum Gasteiger partial charge on any atom is 0.320 e. The second-order valence-corrected chi connectivity index (χ2v) is 3.20. The molecule has 1 N–H and O–H groups in total. The van der Waals surface area contributed by atoms with Gasteiger partial charge in [0, 0.05) is 12.6 Å². The second kappa shape index (κ2) is 3.87. The van der Waals surface area contributed by atoms with E-state index in [4.69, 9.17) is 9.84 Å². The third-order valence-corrected chi connectivity index (χ3v) is 2.45. The van der Waals surface area contributed by atoms with Crippen LogP contribution >= 0.6 is 0 Å². The zero-order valence-corrected chi connectivity index (χ0v) is 7.49. The molecule has 1 fully saturated rings. The van der Waals surface area contributed by atoms with Crippen molar-refractivity contribution < 1.29 is 14.6 Å². The van der Waals surface area contributed by atoms with Crippen molar-refractivity contribution in [3.05, 3.63) is 0 Å². The van der Waals surface area contributed by atoms with E-state index >= 15 is 0 Å². The number of hydrogen-bond donors (Lipinski definition) is 1. The van der Waals surface area contributed by atoms with Crippen molar-refractivity contribution in [1.29, 1.82) is 0 Å². The number of hydrogen-bond acceptors (Lipinski definition) is 3. The first-order valence-electron chi connectivity index (χ1n) is 4.15. The molecule has 1 heterocycles. The normalized spacial score (nSPS) is 26.1. The predicted molar refractivity (Wildman–Crippen MR) is 44.1 cm³/mol. The summed E-state index contributed by atoms with van der Waals surface area (Å²) >= 11 is 0. The number of likely N-dealkylation sites (N-methyl/N-ethyl adjacent to an activating group) is 1. The van der Waals surface area contributed by atoms with Crippen LogP contribution in [-0.2, 0) is 9.53 Å². The van der Waals surface area contributed by atoms with Gasteiger partial charge in [-0.2, -0.15) is 0 Å². The first-order valence-corrected chi connectivity index (χ1v) is 4.15. The Hall–Kier alpha value is -0.610. The zero-order valence-electron chi connectivity index (χ0n) is 7.49. The lowest BCUT2D eigenvalue weighted by Gasteiger charge is -2.26. The molecule has 1 aliphatic heterocycles. The van der Waals surface area contributed by atoms with Crippen LogP contribution in [0, 0.1) is 0 Å². The van der Waals surface area contributed by atoms with Crippen LogP contribution in [0.5, 0.6) is 0 Å². The Bertz CT molecular complexity index is 166. The molecule has 1 saturated heterocycles. The van der Waals surface area contributed by atoms with E-state index < -0.39 is 12.0 Å². The molecule has 0 bridgehead atoms. The molecule has 2 unspecified atom stereocenters. The fourth-order valence-electron chi connectivity index (χ4n) is 1.33. The van der Waals surface area contributed by atoms with Gasteiger partial charge in [-0.1, -0.05) is 0 Å². The standard InChI is InChI=1S/C8H15NO3/c1-6(8(10)11)9(2)7-3-4-12-5-7/h6-7H,3-5H2,1-2H3,(H,10,11). The smallest absolute Gasteiger partial charge is 0.320 e. The Morgan fingerprint density at radius 3 is 2.83 bits per heavy atom. The molecule has 0 amide bonds. The molecule has 4 heteroatoms. The first-order chi connectivity index (χ1) is 5.63. The lowest BCUT2D eigenvalue weighted by Crippen LogP contribution is -2.43. The Kier molecular flexibility index (Phi) is 3.05. The van der Waals surface area contributed by atoms with E-state index in [9.17, 15) is 4.79 Å². The van der Waals surface area contributed by atoms with Crippen LogP contribution in [-0.4, -0.2) is 48.3 Å². The summed E-state index contributed by atoms with van der Waals surface area (Å²) < 4.78 is 5.17. The highest BCUT2D eigenvalue weighted by Gasteiger charge is 2.27. The van der Waals surface area contributed by atoms with E-state index in [0.29, 0.717) is 6.61 Å². The molecule has 2 atom stereocenters. The van der Waals surface area contributed by atoms with Gasteiger partial charge in [0.25, 0.3) is 0 Å². The van der Waals surface area contributed by atoms with Gasteiger partial charge >= 0.3 is 5.97 Å². The van der Waals surface area contributed by atoms with E-state index in [1.54, 1.807) is 6.92 Å². The molecule has 0 saturated carbocycles. The fraction of sp³-hybridized carbons (Fsp3) is 0.875. The van der Waals surface area contributed by atoms with Crippen LogP contribution in [0.1, 0.15) is 13.3 Å². The van der Waals surface area contributed by atoms with E-state index in [0.717, 1.165) is 13.0 Å². The Balaban J connectivity index is 2.44. The summed E-state index contributed by atoms with van der Waals surface area (Å²) in [6.45, 7) is 3.11. The topological polar surface area (TPSA) is 49.8 Å². The number of carbonyl (C=O) groups is 1. The van der Waals surface area contributed by atoms with Gasteiger partial charge in [0.2, 0.25) is 0 Å². The maximum absolute atomic E-state index is 10.6. The average Bonchev–Trinajstić information content (AvgIpc) is 2.53. The summed E-state index contributed by atoms with van der Waals surface area (Å²) in [7, 11) is 1.83. The third-order valence-electron chi connectivity index (χ3n) is 2.45. The summed E-state index contributed by atoms with van der Waals surface area (Å²) in [5.74, 6) is -0.774. The number of ether oxygens (including phenoxy) is 1. The van der Waals surface area contributed by atoms with Crippen molar-refractivity contribution in [1.82, 2.24) is 4.90 Å². The molecule has 0 radical (unpaired) electrons. The molecule has 4 nitrogen and oxygen atoms in total. The van der Waals surface area contributed by atoms with Crippen molar-refractivity contribution in [2.45, 2.75) is 25.4 Å². The third kappa shape index (κ3) is 1.95. The van der Waals surface area contributed by atoms with Crippen LogP contribution in [0.3, 0.4) is 0 Å². The van der Waals surface area contributed by atoms with Gasteiger partial charge in [0.05, 0.1) is 6.61 Å². The van der Waals surface area contributed by atoms with Crippen LogP contribution in [0.2, 0.25) is 0 Å². The van der Waals surface area contributed by atoms with Gasteiger partial charge in [-0.3, -0.25) is 9.69 Å². The predicted octanol–water partition coefficient (Wildman–Crippen LogP) is 0.180. The number of carboxylic acids is 1.